The maximum atomic E-state index is 10.4. The Bertz CT molecular complexity index is 290. The summed E-state index contributed by atoms with van der Waals surface area (Å²) in [7, 11) is 0. The van der Waals surface area contributed by atoms with E-state index in [1.54, 1.807) is 0 Å². The highest BCUT2D eigenvalue weighted by molar-refractivity contribution is 5.69. The lowest BCUT2D eigenvalue weighted by molar-refractivity contribution is -0.135. The smallest absolute Gasteiger partial charge is 0.322 e. The van der Waals surface area contributed by atoms with Crippen molar-refractivity contribution < 1.29 is 9.90 Å². The van der Waals surface area contributed by atoms with Gasteiger partial charge in [-0.25, -0.2) is 0 Å². The van der Waals surface area contributed by atoms with Crippen LogP contribution in [0.1, 0.15) is 26.7 Å². The number of rotatable bonds is 3. The minimum Gasteiger partial charge on any atom is -0.480 e. The van der Waals surface area contributed by atoms with Crippen LogP contribution in [-0.4, -0.2) is 17.6 Å². The zero-order chi connectivity index (χ0) is 10.8. The van der Waals surface area contributed by atoms with Gasteiger partial charge >= 0.3 is 5.97 Å². The molecule has 1 rings (SSSR count). The third-order valence-corrected chi connectivity index (χ3v) is 2.22. The van der Waals surface area contributed by atoms with Gasteiger partial charge in [0.1, 0.15) is 6.54 Å². The summed E-state index contributed by atoms with van der Waals surface area (Å²) < 4.78 is 0. The molecule has 14 heavy (non-hydrogen) atoms. The van der Waals surface area contributed by atoms with Gasteiger partial charge in [-0.15, -0.1) is 0 Å². The molecule has 0 aromatic heterocycles. The van der Waals surface area contributed by atoms with Crippen LogP contribution in [0.4, 0.5) is 0 Å². The second-order valence-corrected chi connectivity index (χ2v) is 4.59. The van der Waals surface area contributed by atoms with Crippen molar-refractivity contribution in [2.45, 2.75) is 26.7 Å². The van der Waals surface area contributed by atoms with Crippen molar-refractivity contribution in [3.8, 4) is 0 Å². The molecular weight excluding hydrogens is 178 g/mol. The highest BCUT2D eigenvalue weighted by Gasteiger charge is 2.24. The predicted molar refractivity (Wildman–Crippen MR) is 55.9 cm³/mol. The van der Waals surface area contributed by atoms with Crippen LogP contribution in [-0.2, 0) is 4.79 Å². The minimum atomic E-state index is -0.833. The maximum Gasteiger partial charge on any atom is 0.322 e. The fourth-order valence-electron chi connectivity index (χ4n) is 1.84. The Labute approximate surface area is 84.5 Å². The Morgan fingerprint density at radius 3 is 2.79 bits per heavy atom. The molecule has 3 nitrogen and oxygen atoms in total. The van der Waals surface area contributed by atoms with Gasteiger partial charge in [-0.2, -0.15) is 0 Å². The van der Waals surface area contributed by atoms with Crippen molar-refractivity contribution >= 4 is 5.97 Å². The molecule has 0 saturated carbocycles. The van der Waals surface area contributed by atoms with E-state index in [0.29, 0.717) is 0 Å². The van der Waals surface area contributed by atoms with Crippen molar-refractivity contribution in [2.24, 2.45) is 5.41 Å². The van der Waals surface area contributed by atoms with E-state index in [2.05, 4.69) is 25.7 Å². The molecule has 3 heteroatoms. The molecule has 2 N–H and O–H groups in total. The Morgan fingerprint density at radius 1 is 1.64 bits per heavy atom. The molecule has 0 amide bonds. The molecule has 0 radical (unpaired) electrons. The van der Waals surface area contributed by atoms with E-state index < -0.39 is 5.97 Å². The van der Waals surface area contributed by atoms with Gasteiger partial charge in [0.2, 0.25) is 0 Å². The summed E-state index contributed by atoms with van der Waals surface area (Å²) in [6.45, 7) is 8.23. The van der Waals surface area contributed by atoms with Gasteiger partial charge in [0, 0.05) is 5.70 Å². The molecule has 1 aliphatic carbocycles. The molecule has 0 aromatic carbocycles. The summed E-state index contributed by atoms with van der Waals surface area (Å²) in [5, 5.41) is 11.4. The van der Waals surface area contributed by atoms with Gasteiger partial charge in [-0.3, -0.25) is 4.79 Å². The number of aliphatic carboxylic acids is 1. The predicted octanol–water partition coefficient (Wildman–Crippen LogP) is 1.92. The zero-order valence-corrected chi connectivity index (χ0v) is 8.76. The van der Waals surface area contributed by atoms with Gasteiger partial charge in [0.25, 0.3) is 0 Å². The topological polar surface area (TPSA) is 49.3 Å². The van der Waals surface area contributed by atoms with Crippen LogP contribution >= 0.6 is 0 Å². The summed E-state index contributed by atoms with van der Waals surface area (Å²) >= 11 is 0. The number of carboxylic acids is 1. The lowest BCUT2D eigenvalue weighted by Crippen LogP contribution is -2.28. The number of carboxylic acid groups (broad SMARTS) is 1. The summed E-state index contributed by atoms with van der Waals surface area (Å²) in [4.78, 5) is 10.4. The van der Waals surface area contributed by atoms with Gasteiger partial charge in [0.15, 0.2) is 0 Å². The second-order valence-electron chi connectivity index (χ2n) is 4.59. The molecule has 0 bridgehead atoms. The largest absolute Gasteiger partial charge is 0.480 e. The normalized spacial score (nSPS) is 20.1. The number of hydrogen-bond donors (Lipinski definition) is 2. The van der Waals surface area contributed by atoms with Crippen LogP contribution in [0.2, 0.25) is 0 Å². The quantitative estimate of drug-likeness (QED) is 0.723. The lowest BCUT2D eigenvalue weighted by Gasteiger charge is -2.31. The van der Waals surface area contributed by atoms with Crippen LogP contribution < -0.4 is 5.32 Å². The third-order valence-electron chi connectivity index (χ3n) is 2.22. The first-order chi connectivity index (χ1) is 6.39. The van der Waals surface area contributed by atoms with Crippen molar-refractivity contribution in [3.05, 3.63) is 23.9 Å². The Kier molecular flexibility index (Phi) is 2.99. The minimum absolute atomic E-state index is 0.0187. The second kappa shape index (κ2) is 3.86. The van der Waals surface area contributed by atoms with E-state index in [9.17, 15) is 4.79 Å². The fourth-order valence-corrected chi connectivity index (χ4v) is 1.84. The van der Waals surface area contributed by atoms with Crippen molar-refractivity contribution in [3.63, 3.8) is 0 Å². The Balaban J connectivity index is 2.60. The van der Waals surface area contributed by atoms with Crippen molar-refractivity contribution in [1.29, 1.82) is 0 Å². The summed E-state index contributed by atoms with van der Waals surface area (Å²) in [5.41, 5.74) is 2.23. The number of nitrogens with one attached hydrogen (secondary N) is 1. The molecule has 0 fully saturated rings. The van der Waals surface area contributed by atoms with Gasteiger partial charge in [-0.1, -0.05) is 26.0 Å². The molecule has 0 aliphatic heterocycles. The molecule has 0 heterocycles. The fraction of sp³-hybridized carbons (Fsp3) is 0.545. The zero-order valence-electron chi connectivity index (χ0n) is 8.76. The first-order valence-electron chi connectivity index (χ1n) is 4.73. The van der Waals surface area contributed by atoms with Gasteiger partial charge in [0.05, 0.1) is 0 Å². The summed E-state index contributed by atoms with van der Waals surface area (Å²) in [5.74, 6) is -0.833. The van der Waals surface area contributed by atoms with Gasteiger partial charge < -0.3 is 10.4 Å². The Morgan fingerprint density at radius 2 is 2.29 bits per heavy atom. The maximum absolute atomic E-state index is 10.4. The molecule has 78 valence electrons. The number of carbonyl (C=O) groups is 1. The van der Waals surface area contributed by atoms with E-state index in [1.807, 2.05) is 6.08 Å². The monoisotopic (exact) mass is 195 g/mol. The van der Waals surface area contributed by atoms with Crippen molar-refractivity contribution in [1.82, 2.24) is 5.32 Å². The van der Waals surface area contributed by atoms with E-state index in [1.165, 1.54) is 0 Å². The van der Waals surface area contributed by atoms with E-state index in [0.717, 1.165) is 24.1 Å². The summed E-state index contributed by atoms with van der Waals surface area (Å²) in [6, 6.07) is 0. The van der Waals surface area contributed by atoms with E-state index >= 15 is 0 Å². The van der Waals surface area contributed by atoms with Crippen LogP contribution in [0.5, 0.6) is 0 Å². The molecule has 0 unspecified atom stereocenters. The first-order valence-corrected chi connectivity index (χ1v) is 4.73. The molecule has 1 aliphatic rings. The molecule has 0 atom stereocenters. The molecular formula is C11H17NO2. The highest BCUT2D eigenvalue weighted by atomic mass is 16.4. The number of hydrogen-bond acceptors (Lipinski definition) is 2. The Hall–Kier alpha value is -1.25. The van der Waals surface area contributed by atoms with Crippen LogP contribution in [0.25, 0.3) is 0 Å². The summed E-state index contributed by atoms with van der Waals surface area (Å²) in [6.07, 6.45) is 3.82. The van der Waals surface area contributed by atoms with Crippen LogP contribution in [0, 0.1) is 5.41 Å². The number of allylic oxidation sites excluding steroid dienone is 3. The van der Waals surface area contributed by atoms with Crippen LogP contribution in [0.15, 0.2) is 23.9 Å². The SMILES string of the molecule is C=C1C=C(NCC(=O)O)CC(C)(C)C1. The molecule has 0 spiro atoms. The first kappa shape index (κ1) is 10.8. The average molecular weight is 195 g/mol. The van der Waals surface area contributed by atoms with Crippen LogP contribution in [0.3, 0.4) is 0 Å². The molecule has 0 aromatic rings. The van der Waals surface area contributed by atoms with E-state index in [4.69, 9.17) is 5.11 Å². The van der Waals surface area contributed by atoms with E-state index in [-0.39, 0.29) is 12.0 Å². The van der Waals surface area contributed by atoms with Crippen molar-refractivity contribution in [2.75, 3.05) is 6.54 Å². The average Bonchev–Trinajstić information content (AvgIpc) is 1.96. The molecule has 0 saturated heterocycles. The highest BCUT2D eigenvalue weighted by Crippen LogP contribution is 2.36. The third kappa shape index (κ3) is 3.24. The standard InChI is InChI=1S/C11H17NO2/c1-8-4-9(12-7-10(13)14)6-11(2,3)5-8/h4,12H,1,5-7H2,2-3H3,(H,13,14). The lowest BCUT2D eigenvalue weighted by atomic mass is 9.77. The van der Waals surface area contributed by atoms with Gasteiger partial charge in [-0.05, 0) is 24.3 Å².